The second-order valence-corrected chi connectivity index (χ2v) is 10.2. The maximum Gasteiger partial charge on any atom is 0.267 e. The van der Waals surface area contributed by atoms with Gasteiger partial charge in [-0.25, -0.2) is 18.4 Å². The van der Waals surface area contributed by atoms with E-state index in [0.717, 1.165) is 23.1 Å². The molecule has 0 spiro atoms. The third kappa shape index (κ3) is 4.38. The number of carbonyl (C=O) groups is 1. The number of sulfonamides is 1. The average molecular weight is 491 g/mol. The monoisotopic (exact) mass is 490 g/mol. The van der Waals surface area contributed by atoms with Crippen LogP contribution in [0.2, 0.25) is 5.02 Å². The van der Waals surface area contributed by atoms with Crippen LogP contribution in [0.25, 0.3) is 11.3 Å². The van der Waals surface area contributed by atoms with Gasteiger partial charge in [-0.2, -0.15) is 0 Å². The van der Waals surface area contributed by atoms with Crippen LogP contribution in [0.15, 0.2) is 58.7 Å². The van der Waals surface area contributed by atoms with Crippen molar-refractivity contribution in [1.82, 2.24) is 15.3 Å². The number of hydrogen-bond acceptors (Lipinski definition) is 7. The van der Waals surface area contributed by atoms with Gasteiger partial charge < -0.3 is 10.1 Å². The zero-order valence-corrected chi connectivity index (χ0v) is 19.6. The number of aromatic nitrogens is 2. The van der Waals surface area contributed by atoms with Gasteiger partial charge in [-0.05, 0) is 35.9 Å². The molecule has 0 bridgehead atoms. The number of amides is 1. The van der Waals surface area contributed by atoms with Crippen molar-refractivity contribution in [2.24, 2.45) is 0 Å². The van der Waals surface area contributed by atoms with E-state index in [1.807, 2.05) is 24.3 Å². The molecule has 11 heteroatoms. The number of methoxy groups -OCH3 is 1. The zero-order chi connectivity index (χ0) is 22.9. The molecule has 2 aromatic carbocycles. The van der Waals surface area contributed by atoms with E-state index in [2.05, 4.69) is 15.3 Å². The van der Waals surface area contributed by atoms with Crippen LogP contribution in [0.5, 0.6) is 5.75 Å². The number of nitrogens with one attached hydrogen (secondary N) is 1. The lowest BCUT2D eigenvalue weighted by Gasteiger charge is -2.28. The Labute approximate surface area is 195 Å². The summed E-state index contributed by atoms with van der Waals surface area (Å²) < 4.78 is 32.0. The highest BCUT2D eigenvalue weighted by Crippen LogP contribution is 2.42. The molecule has 0 atom stereocenters. The minimum atomic E-state index is -3.79. The molecule has 32 heavy (non-hydrogen) atoms. The van der Waals surface area contributed by atoms with Crippen molar-refractivity contribution >= 4 is 45.0 Å². The third-order valence-corrected chi connectivity index (χ3v) is 7.75. The van der Waals surface area contributed by atoms with E-state index in [1.54, 1.807) is 25.3 Å². The maximum absolute atomic E-state index is 12.8. The number of nitrogens with zero attached hydrogens (tertiary/aromatic N) is 3. The predicted molar refractivity (Wildman–Crippen MR) is 124 cm³/mol. The van der Waals surface area contributed by atoms with Crippen molar-refractivity contribution < 1.29 is 17.9 Å². The highest BCUT2D eigenvalue weighted by Gasteiger charge is 2.34. The molecule has 0 unspecified atom stereocenters. The standard InChI is InChI=1S/C21H19ClN4O4S2/c1-26-17-9-14(22)6-7-16(17)20-18(32(26,28)29)11-24-21(25-20)31-12-19(27)23-10-13-4-3-5-15(8-13)30-2/h3-9,11H,10,12H2,1-2H3,(H,23,27). The Bertz CT molecular complexity index is 1300. The van der Waals surface area contributed by atoms with E-state index in [9.17, 15) is 13.2 Å². The summed E-state index contributed by atoms with van der Waals surface area (Å²) in [7, 11) is -0.746. The van der Waals surface area contributed by atoms with Crippen molar-refractivity contribution in [3.63, 3.8) is 0 Å². The molecular formula is C21H19ClN4O4S2. The Kier molecular flexibility index (Phi) is 6.27. The first-order valence-electron chi connectivity index (χ1n) is 9.48. The summed E-state index contributed by atoms with van der Waals surface area (Å²) >= 11 is 7.19. The molecule has 3 aromatic rings. The number of fused-ring (bicyclic) bond motifs is 3. The topological polar surface area (TPSA) is 101 Å². The quantitative estimate of drug-likeness (QED) is 0.417. The Morgan fingerprint density at radius 2 is 2.06 bits per heavy atom. The normalized spacial score (nSPS) is 13.8. The van der Waals surface area contributed by atoms with Gasteiger partial charge in [0.2, 0.25) is 5.91 Å². The number of carbonyl (C=O) groups excluding carboxylic acids is 1. The SMILES string of the molecule is COc1cccc(CNC(=O)CSc2ncc3c(n2)-c2ccc(Cl)cc2N(C)S3(=O)=O)c1. The fourth-order valence-electron chi connectivity index (χ4n) is 3.21. The van der Waals surface area contributed by atoms with Crippen molar-refractivity contribution in [2.45, 2.75) is 16.6 Å². The largest absolute Gasteiger partial charge is 0.497 e. The van der Waals surface area contributed by atoms with E-state index >= 15 is 0 Å². The maximum atomic E-state index is 12.8. The molecule has 1 aliphatic rings. The summed E-state index contributed by atoms with van der Waals surface area (Å²) in [5, 5.41) is 3.56. The van der Waals surface area contributed by atoms with Gasteiger partial charge in [0.15, 0.2) is 5.16 Å². The summed E-state index contributed by atoms with van der Waals surface area (Å²) in [6.45, 7) is 0.361. The van der Waals surface area contributed by atoms with Gasteiger partial charge in [-0.3, -0.25) is 9.10 Å². The zero-order valence-electron chi connectivity index (χ0n) is 17.2. The van der Waals surface area contributed by atoms with Crippen LogP contribution in [0.4, 0.5) is 5.69 Å². The molecule has 0 aliphatic carbocycles. The third-order valence-electron chi connectivity index (χ3n) is 4.88. The Morgan fingerprint density at radius 1 is 1.25 bits per heavy atom. The summed E-state index contributed by atoms with van der Waals surface area (Å²) in [6, 6.07) is 12.4. The molecule has 166 valence electrons. The average Bonchev–Trinajstić information content (AvgIpc) is 2.80. The van der Waals surface area contributed by atoms with Crippen LogP contribution >= 0.6 is 23.4 Å². The number of ether oxygens (including phenoxy) is 1. The van der Waals surface area contributed by atoms with Crippen LogP contribution in [-0.2, 0) is 21.4 Å². The summed E-state index contributed by atoms with van der Waals surface area (Å²) in [5.74, 6) is 0.609. The van der Waals surface area contributed by atoms with Crippen LogP contribution in [0, 0.1) is 0 Å². The first-order valence-corrected chi connectivity index (χ1v) is 12.3. The molecule has 1 amide bonds. The molecule has 2 heterocycles. The smallest absolute Gasteiger partial charge is 0.267 e. The van der Waals surface area contributed by atoms with Crippen LogP contribution in [0.3, 0.4) is 0 Å². The van der Waals surface area contributed by atoms with Gasteiger partial charge >= 0.3 is 0 Å². The lowest BCUT2D eigenvalue weighted by Crippen LogP contribution is -2.31. The molecule has 8 nitrogen and oxygen atoms in total. The Morgan fingerprint density at radius 3 is 2.84 bits per heavy atom. The number of halogens is 1. The van der Waals surface area contributed by atoms with E-state index in [-0.39, 0.29) is 16.6 Å². The minimum absolute atomic E-state index is 0.0154. The lowest BCUT2D eigenvalue weighted by molar-refractivity contribution is -0.118. The van der Waals surface area contributed by atoms with Crippen LogP contribution < -0.4 is 14.4 Å². The molecule has 1 aliphatic heterocycles. The Hall–Kier alpha value is -2.82. The van der Waals surface area contributed by atoms with Gasteiger partial charge in [-0.15, -0.1) is 0 Å². The predicted octanol–water partition coefficient (Wildman–Crippen LogP) is 3.35. The molecule has 1 N–H and O–H groups in total. The summed E-state index contributed by atoms with van der Waals surface area (Å²) in [6.07, 6.45) is 1.28. The fraction of sp³-hybridized carbons (Fsp3) is 0.190. The summed E-state index contributed by atoms with van der Waals surface area (Å²) in [4.78, 5) is 20.9. The van der Waals surface area contributed by atoms with Gasteiger partial charge in [-0.1, -0.05) is 35.5 Å². The number of rotatable bonds is 6. The second kappa shape index (κ2) is 8.97. The van der Waals surface area contributed by atoms with E-state index in [1.165, 1.54) is 17.5 Å². The Balaban J connectivity index is 1.49. The molecule has 0 saturated heterocycles. The van der Waals surface area contributed by atoms with Crippen LogP contribution in [-0.4, -0.2) is 44.2 Å². The van der Waals surface area contributed by atoms with E-state index in [0.29, 0.717) is 33.7 Å². The molecule has 0 fully saturated rings. The van der Waals surface area contributed by atoms with Gasteiger partial charge in [0.25, 0.3) is 10.0 Å². The molecule has 0 saturated carbocycles. The van der Waals surface area contributed by atoms with E-state index in [4.69, 9.17) is 16.3 Å². The van der Waals surface area contributed by atoms with Gasteiger partial charge in [0.1, 0.15) is 10.6 Å². The fourth-order valence-corrected chi connectivity index (χ4v) is 5.32. The van der Waals surface area contributed by atoms with E-state index < -0.39 is 10.0 Å². The van der Waals surface area contributed by atoms with Crippen molar-refractivity contribution in [1.29, 1.82) is 0 Å². The van der Waals surface area contributed by atoms with Gasteiger partial charge in [0.05, 0.1) is 30.4 Å². The van der Waals surface area contributed by atoms with Gasteiger partial charge in [0, 0.05) is 24.2 Å². The van der Waals surface area contributed by atoms with Crippen molar-refractivity contribution in [3.8, 4) is 17.0 Å². The molecule has 1 aromatic heterocycles. The number of thioether (sulfide) groups is 1. The molecule has 4 rings (SSSR count). The first kappa shape index (κ1) is 22.4. The number of benzene rings is 2. The number of hydrogen-bond donors (Lipinski definition) is 1. The van der Waals surface area contributed by atoms with Crippen molar-refractivity contribution in [3.05, 3.63) is 59.2 Å². The minimum Gasteiger partial charge on any atom is -0.497 e. The second-order valence-electron chi connectivity index (χ2n) is 6.92. The highest BCUT2D eigenvalue weighted by molar-refractivity contribution is 7.99. The van der Waals surface area contributed by atoms with Crippen molar-refractivity contribution in [2.75, 3.05) is 24.2 Å². The number of anilines is 1. The first-order chi connectivity index (χ1) is 15.3. The molecular weight excluding hydrogens is 472 g/mol. The highest BCUT2D eigenvalue weighted by atomic mass is 35.5. The van der Waals surface area contributed by atoms with Crippen LogP contribution in [0.1, 0.15) is 5.56 Å². The lowest BCUT2D eigenvalue weighted by atomic mass is 10.1. The molecule has 0 radical (unpaired) electrons. The summed E-state index contributed by atoms with van der Waals surface area (Å²) in [5.41, 5.74) is 2.28.